The van der Waals surface area contributed by atoms with Crippen molar-refractivity contribution in [3.8, 4) is 0 Å². The number of fused-ring (bicyclic) bond motifs is 1. The lowest BCUT2D eigenvalue weighted by Gasteiger charge is -2.34. The molecule has 0 aliphatic carbocycles. The van der Waals surface area contributed by atoms with E-state index in [0.717, 1.165) is 49.2 Å². The van der Waals surface area contributed by atoms with Crippen LogP contribution in [0.4, 0.5) is 9.93 Å². The Balaban J connectivity index is 1.27. The SMILES string of the molecule is O=C(CN1CCN(C(=O)Nc2nc3ccccc3s2)CC1)N1CCCC1. The van der Waals surface area contributed by atoms with E-state index in [-0.39, 0.29) is 11.9 Å². The minimum Gasteiger partial charge on any atom is -0.342 e. The molecule has 0 spiro atoms. The zero-order valence-corrected chi connectivity index (χ0v) is 15.5. The summed E-state index contributed by atoms with van der Waals surface area (Å²) in [4.78, 5) is 35.0. The van der Waals surface area contributed by atoms with Crippen molar-refractivity contribution in [1.29, 1.82) is 0 Å². The molecule has 1 aromatic heterocycles. The van der Waals surface area contributed by atoms with Crippen LogP contribution >= 0.6 is 11.3 Å². The molecule has 3 heterocycles. The minimum atomic E-state index is -0.116. The van der Waals surface area contributed by atoms with Crippen LogP contribution in [0.3, 0.4) is 0 Å². The Kier molecular flexibility index (Phi) is 5.03. The van der Waals surface area contributed by atoms with Crippen molar-refractivity contribution in [1.82, 2.24) is 19.7 Å². The number of thiazole rings is 1. The molecule has 2 saturated heterocycles. The fraction of sp³-hybridized carbons (Fsp3) is 0.500. The highest BCUT2D eigenvalue weighted by Crippen LogP contribution is 2.25. The number of urea groups is 1. The molecule has 0 unspecified atom stereocenters. The fourth-order valence-corrected chi connectivity index (χ4v) is 4.32. The van der Waals surface area contributed by atoms with Gasteiger partial charge in [-0.25, -0.2) is 9.78 Å². The van der Waals surface area contributed by atoms with Crippen molar-refractivity contribution < 1.29 is 9.59 Å². The molecule has 0 atom stereocenters. The van der Waals surface area contributed by atoms with E-state index in [0.29, 0.717) is 24.8 Å². The third kappa shape index (κ3) is 3.81. The third-order valence-electron chi connectivity index (χ3n) is 4.98. The number of nitrogens with zero attached hydrogens (tertiary/aromatic N) is 4. The van der Waals surface area contributed by atoms with E-state index in [1.807, 2.05) is 29.2 Å². The van der Waals surface area contributed by atoms with Gasteiger partial charge < -0.3 is 9.80 Å². The van der Waals surface area contributed by atoms with E-state index in [4.69, 9.17) is 0 Å². The first-order chi connectivity index (χ1) is 12.7. The average Bonchev–Trinajstić information content (AvgIpc) is 3.31. The first kappa shape index (κ1) is 17.2. The van der Waals surface area contributed by atoms with Crippen LogP contribution in [0, 0.1) is 0 Å². The van der Waals surface area contributed by atoms with Gasteiger partial charge in [0, 0.05) is 39.3 Å². The second-order valence-corrected chi connectivity index (χ2v) is 7.80. The molecule has 8 heteroatoms. The molecular weight excluding hydrogens is 350 g/mol. The van der Waals surface area contributed by atoms with Crippen LogP contribution in [0.25, 0.3) is 10.2 Å². The summed E-state index contributed by atoms with van der Waals surface area (Å²) in [6, 6.07) is 7.73. The Morgan fingerprint density at radius 3 is 2.46 bits per heavy atom. The van der Waals surface area contributed by atoms with Crippen molar-refractivity contribution in [2.45, 2.75) is 12.8 Å². The van der Waals surface area contributed by atoms with Gasteiger partial charge in [-0.15, -0.1) is 0 Å². The number of carbonyl (C=O) groups is 2. The largest absolute Gasteiger partial charge is 0.342 e. The predicted molar refractivity (Wildman–Crippen MR) is 102 cm³/mol. The van der Waals surface area contributed by atoms with Crippen LogP contribution in [-0.2, 0) is 4.79 Å². The summed E-state index contributed by atoms with van der Waals surface area (Å²) in [5, 5.41) is 3.53. The zero-order valence-electron chi connectivity index (χ0n) is 14.7. The molecule has 1 aromatic carbocycles. The quantitative estimate of drug-likeness (QED) is 0.894. The monoisotopic (exact) mass is 373 g/mol. The van der Waals surface area contributed by atoms with E-state index < -0.39 is 0 Å². The van der Waals surface area contributed by atoms with Gasteiger partial charge in [-0.05, 0) is 25.0 Å². The van der Waals surface area contributed by atoms with Crippen LogP contribution in [0.15, 0.2) is 24.3 Å². The number of nitrogens with one attached hydrogen (secondary N) is 1. The van der Waals surface area contributed by atoms with Gasteiger partial charge in [0.05, 0.1) is 16.8 Å². The van der Waals surface area contributed by atoms with Crippen LogP contribution in [0.1, 0.15) is 12.8 Å². The Hall–Kier alpha value is -2.19. The summed E-state index contributed by atoms with van der Waals surface area (Å²) in [5.41, 5.74) is 0.901. The number of aromatic nitrogens is 1. The highest BCUT2D eigenvalue weighted by molar-refractivity contribution is 7.22. The molecule has 2 aliphatic rings. The smallest absolute Gasteiger partial charge is 0.323 e. The number of likely N-dealkylation sites (tertiary alicyclic amines) is 1. The number of para-hydroxylation sites is 1. The lowest BCUT2D eigenvalue weighted by Crippen LogP contribution is -2.52. The standard InChI is InChI=1S/C18H23N5O2S/c24-16(22-7-3-4-8-22)13-21-9-11-23(12-10-21)18(25)20-17-19-14-5-1-2-6-15(14)26-17/h1-2,5-6H,3-4,7-13H2,(H,19,20,25). The van der Waals surface area contributed by atoms with Gasteiger partial charge in [0.1, 0.15) is 0 Å². The summed E-state index contributed by atoms with van der Waals surface area (Å²) in [5.74, 6) is 0.217. The average molecular weight is 373 g/mol. The van der Waals surface area contributed by atoms with E-state index in [1.165, 1.54) is 11.3 Å². The third-order valence-corrected chi connectivity index (χ3v) is 5.94. The molecule has 138 valence electrons. The number of benzene rings is 1. The van der Waals surface area contributed by atoms with Gasteiger partial charge >= 0.3 is 6.03 Å². The first-order valence-corrected chi connectivity index (χ1v) is 9.92. The summed E-state index contributed by atoms with van der Waals surface area (Å²) in [6.45, 7) is 4.97. The molecule has 7 nitrogen and oxygen atoms in total. The van der Waals surface area contributed by atoms with Crippen LogP contribution in [0.2, 0.25) is 0 Å². The zero-order chi connectivity index (χ0) is 17.9. The predicted octanol–water partition coefficient (Wildman–Crippen LogP) is 2.07. The number of hydrogen-bond donors (Lipinski definition) is 1. The fourth-order valence-electron chi connectivity index (χ4n) is 3.46. The van der Waals surface area contributed by atoms with Crippen molar-refractivity contribution in [3.05, 3.63) is 24.3 Å². The molecule has 0 saturated carbocycles. The Labute approximate surface area is 156 Å². The Morgan fingerprint density at radius 2 is 1.73 bits per heavy atom. The van der Waals surface area contributed by atoms with Gasteiger partial charge in [0.15, 0.2) is 5.13 Å². The molecule has 0 radical (unpaired) electrons. The van der Waals surface area contributed by atoms with Gasteiger partial charge in [-0.3, -0.25) is 15.0 Å². The van der Waals surface area contributed by atoms with Crippen LogP contribution in [0.5, 0.6) is 0 Å². The van der Waals surface area contributed by atoms with Crippen LogP contribution in [-0.4, -0.2) is 77.4 Å². The summed E-state index contributed by atoms with van der Waals surface area (Å²) >= 11 is 1.48. The number of piperazine rings is 1. The molecule has 2 aliphatic heterocycles. The van der Waals surface area contributed by atoms with Gasteiger partial charge in [-0.2, -0.15) is 0 Å². The number of hydrogen-bond acceptors (Lipinski definition) is 5. The van der Waals surface area contributed by atoms with Gasteiger partial charge in [-0.1, -0.05) is 23.5 Å². The molecule has 26 heavy (non-hydrogen) atoms. The maximum Gasteiger partial charge on any atom is 0.323 e. The number of amides is 3. The van der Waals surface area contributed by atoms with E-state index >= 15 is 0 Å². The molecule has 0 bridgehead atoms. The lowest BCUT2D eigenvalue weighted by molar-refractivity contribution is -0.131. The molecule has 2 fully saturated rings. The summed E-state index contributed by atoms with van der Waals surface area (Å²) in [6.07, 6.45) is 2.23. The maximum absolute atomic E-state index is 12.5. The van der Waals surface area contributed by atoms with E-state index in [1.54, 1.807) is 4.90 Å². The maximum atomic E-state index is 12.5. The molecule has 1 N–H and O–H groups in total. The molecule has 3 amide bonds. The van der Waals surface area contributed by atoms with Crippen molar-refractivity contribution in [3.63, 3.8) is 0 Å². The van der Waals surface area contributed by atoms with Crippen molar-refractivity contribution >= 4 is 38.6 Å². The van der Waals surface area contributed by atoms with Crippen molar-refractivity contribution in [2.75, 3.05) is 51.1 Å². The summed E-state index contributed by atoms with van der Waals surface area (Å²) < 4.78 is 1.06. The lowest BCUT2D eigenvalue weighted by atomic mass is 10.3. The normalized spacial score (nSPS) is 18.5. The van der Waals surface area contributed by atoms with Crippen LogP contribution < -0.4 is 5.32 Å². The van der Waals surface area contributed by atoms with Crippen molar-refractivity contribution in [2.24, 2.45) is 0 Å². The first-order valence-electron chi connectivity index (χ1n) is 9.11. The second kappa shape index (κ2) is 7.59. The second-order valence-electron chi connectivity index (χ2n) is 6.77. The number of carbonyl (C=O) groups excluding carboxylic acids is 2. The highest BCUT2D eigenvalue weighted by atomic mass is 32.1. The topological polar surface area (TPSA) is 68.8 Å². The Morgan fingerprint density at radius 1 is 1.00 bits per heavy atom. The van der Waals surface area contributed by atoms with Gasteiger partial charge in [0.25, 0.3) is 0 Å². The minimum absolute atomic E-state index is 0.116. The Bertz CT molecular complexity index is 761. The van der Waals surface area contributed by atoms with E-state index in [2.05, 4.69) is 15.2 Å². The number of anilines is 1. The summed E-state index contributed by atoms with van der Waals surface area (Å²) in [7, 11) is 0. The van der Waals surface area contributed by atoms with E-state index in [9.17, 15) is 9.59 Å². The number of rotatable bonds is 3. The molecule has 4 rings (SSSR count). The molecule has 2 aromatic rings. The highest BCUT2D eigenvalue weighted by Gasteiger charge is 2.25. The molecular formula is C18H23N5O2S. The van der Waals surface area contributed by atoms with Gasteiger partial charge in [0.2, 0.25) is 5.91 Å².